The van der Waals surface area contributed by atoms with Crippen molar-refractivity contribution in [2.75, 3.05) is 0 Å². The van der Waals surface area contributed by atoms with Gasteiger partial charge in [0.25, 0.3) is 11.6 Å². The van der Waals surface area contributed by atoms with Gasteiger partial charge in [0.2, 0.25) is 0 Å². The molecule has 0 saturated carbocycles. The predicted molar refractivity (Wildman–Crippen MR) is 75.0 cm³/mol. The van der Waals surface area contributed by atoms with Crippen LogP contribution in [0.25, 0.3) is 11.1 Å². The molecule has 2 rings (SSSR count). The summed E-state index contributed by atoms with van der Waals surface area (Å²) in [6, 6.07) is 1.59. The minimum Gasteiger partial charge on any atom is -0.480 e. The summed E-state index contributed by atoms with van der Waals surface area (Å²) in [5.74, 6) is -1.55. The van der Waals surface area contributed by atoms with E-state index in [2.05, 4.69) is 15.5 Å². The first-order chi connectivity index (χ1) is 9.87. The highest BCUT2D eigenvalue weighted by Crippen LogP contribution is 2.18. The van der Waals surface area contributed by atoms with E-state index in [9.17, 15) is 14.7 Å². The largest absolute Gasteiger partial charge is 0.480 e. The van der Waals surface area contributed by atoms with Gasteiger partial charge in [0.15, 0.2) is 0 Å². The highest BCUT2D eigenvalue weighted by atomic mass is 16.5. The third-order valence-electron chi connectivity index (χ3n) is 3.38. The van der Waals surface area contributed by atoms with Gasteiger partial charge < -0.3 is 14.9 Å². The molecule has 7 nitrogen and oxygen atoms in total. The van der Waals surface area contributed by atoms with E-state index in [-0.39, 0.29) is 5.56 Å². The van der Waals surface area contributed by atoms with Crippen LogP contribution >= 0.6 is 0 Å². The molecule has 1 amide bonds. The number of amides is 1. The Bertz CT molecular complexity index is 695. The molecule has 0 radical (unpaired) electrons. The summed E-state index contributed by atoms with van der Waals surface area (Å²) in [6.07, 6.45) is 2.33. The monoisotopic (exact) mass is 291 g/mol. The van der Waals surface area contributed by atoms with Crippen LogP contribution in [0.1, 0.15) is 42.7 Å². The number of aliphatic carboxylic acids is 1. The first kappa shape index (κ1) is 15.0. The van der Waals surface area contributed by atoms with Crippen LogP contribution in [0.4, 0.5) is 0 Å². The van der Waals surface area contributed by atoms with Crippen molar-refractivity contribution in [1.29, 1.82) is 0 Å². The van der Waals surface area contributed by atoms with Gasteiger partial charge in [-0.3, -0.25) is 4.79 Å². The van der Waals surface area contributed by atoms with Crippen LogP contribution in [0.3, 0.4) is 0 Å². The number of hydrogen-bond donors (Lipinski definition) is 2. The highest BCUT2D eigenvalue weighted by molar-refractivity contribution is 5.99. The van der Waals surface area contributed by atoms with Crippen molar-refractivity contribution < 1.29 is 19.2 Å². The quantitative estimate of drug-likeness (QED) is 0.871. The fraction of sp³-hybridized carbons (Fsp3) is 0.429. The summed E-state index contributed by atoms with van der Waals surface area (Å²) < 4.78 is 4.97. The normalized spacial score (nSPS) is 13.9. The Balaban J connectivity index is 2.29. The molecule has 112 valence electrons. The number of rotatable bonds is 5. The van der Waals surface area contributed by atoms with E-state index >= 15 is 0 Å². The number of aromatic nitrogens is 2. The van der Waals surface area contributed by atoms with Crippen molar-refractivity contribution in [3.05, 3.63) is 23.5 Å². The molecule has 0 aromatic carbocycles. The average Bonchev–Trinajstić information content (AvgIpc) is 2.80. The molecule has 0 fully saturated rings. The number of aryl methyl sites for hydroxylation is 1. The second kappa shape index (κ2) is 5.51. The lowest BCUT2D eigenvalue weighted by atomic mass is 9.96. The highest BCUT2D eigenvalue weighted by Gasteiger charge is 2.34. The van der Waals surface area contributed by atoms with Crippen molar-refractivity contribution >= 4 is 23.0 Å². The molecule has 2 aromatic heterocycles. The molecule has 2 aromatic rings. The first-order valence-corrected chi connectivity index (χ1v) is 6.65. The minimum atomic E-state index is -1.30. The number of carboxylic acids is 1. The molecule has 1 atom stereocenters. The number of hydrogen-bond acceptors (Lipinski definition) is 5. The molecule has 0 aliphatic heterocycles. The number of carbonyl (C=O) groups excluding carboxylic acids is 1. The molecule has 2 heterocycles. The molecular weight excluding hydrogens is 274 g/mol. The van der Waals surface area contributed by atoms with E-state index in [1.807, 2.05) is 6.92 Å². The smallest absolute Gasteiger partial charge is 0.329 e. The molecule has 21 heavy (non-hydrogen) atoms. The summed E-state index contributed by atoms with van der Waals surface area (Å²) >= 11 is 0. The third kappa shape index (κ3) is 2.86. The molecule has 0 aliphatic rings. The Kier molecular flexibility index (Phi) is 3.93. The van der Waals surface area contributed by atoms with Crippen LogP contribution in [0.5, 0.6) is 0 Å². The molecular formula is C14H17N3O4. The molecule has 0 aliphatic carbocycles. The first-order valence-electron chi connectivity index (χ1n) is 6.65. The maximum Gasteiger partial charge on any atom is 0.329 e. The zero-order valence-corrected chi connectivity index (χ0v) is 12.1. The zero-order valence-electron chi connectivity index (χ0n) is 12.1. The van der Waals surface area contributed by atoms with Crippen molar-refractivity contribution in [2.45, 2.75) is 39.2 Å². The average molecular weight is 291 g/mol. The topological polar surface area (TPSA) is 105 Å². The lowest BCUT2D eigenvalue weighted by Gasteiger charge is -2.25. The van der Waals surface area contributed by atoms with E-state index in [0.717, 1.165) is 0 Å². The van der Waals surface area contributed by atoms with Crippen LogP contribution in [0.15, 0.2) is 16.8 Å². The Morgan fingerprint density at radius 3 is 2.81 bits per heavy atom. The van der Waals surface area contributed by atoms with Crippen LogP contribution in [-0.4, -0.2) is 32.7 Å². The van der Waals surface area contributed by atoms with Gasteiger partial charge in [-0.2, -0.15) is 0 Å². The van der Waals surface area contributed by atoms with E-state index in [1.165, 1.54) is 13.1 Å². The summed E-state index contributed by atoms with van der Waals surface area (Å²) in [5, 5.41) is 16.2. The maximum absolute atomic E-state index is 12.3. The van der Waals surface area contributed by atoms with Gasteiger partial charge in [-0.1, -0.05) is 18.5 Å². The van der Waals surface area contributed by atoms with Crippen molar-refractivity contribution in [1.82, 2.24) is 15.5 Å². The van der Waals surface area contributed by atoms with Crippen LogP contribution in [-0.2, 0) is 4.79 Å². The fourth-order valence-corrected chi connectivity index (χ4v) is 2.11. The minimum absolute atomic E-state index is 0.275. The summed E-state index contributed by atoms with van der Waals surface area (Å²) in [4.78, 5) is 27.6. The fourth-order valence-electron chi connectivity index (χ4n) is 2.11. The van der Waals surface area contributed by atoms with Crippen molar-refractivity contribution in [3.8, 4) is 0 Å². The van der Waals surface area contributed by atoms with Crippen LogP contribution in [0, 0.1) is 6.92 Å². The molecule has 0 saturated heterocycles. The summed E-state index contributed by atoms with van der Waals surface area (Å²) in [6.45, 7) is 5.10. The Morgan fingerprint density at radius 1 is 1.48 bits per heavy atom. The second-order valence-corrected chi connectivity index (χ2v) is 5.19. The van der Waals surface area contributed by atoms with E-state index in [4.69, 9.17) is 4.52 Å². The van der Waals surface area contributed by atoms with Crippen molar-refractivity contribution in [2.24, 2.45) is 0 Å². The van der Waals surface area contributed by atoms with Gasteiger partial charge in [-0.25, -0.2) is 9.78 Å². The lowest BCUT2D eigenvalue weighted by molar-refractivity contribution is -0.144. The standard InChI is InChI=1S/C14H17N3O4/c1-4-5-14(3,13(19)20)16-11(18)9-6-10-8(2)17-21-12(10)15-7-9/h6-7H,4-5H2,1-3H3,(H,16,18)(H,19,20). The van der Waals surface area contributed by atoms with Gasteiger partial charge in [-0.05, 0) is 26.3 Å². The third-order valence-corrected chi connectivity index (χ3v) is 3.38. The molecule has 1 unspecified atom stereocenters. The SMILES string of the molecule is CCCC(C)(NC(=O)c1cnc2onc(C)c2c1)C(=O)O. The predicted octanol–water partition coefficient (Wildman–Crippen LogP) is 1.90. The van der Waals surface area contributed by atoms with E-state index in [1.54, 1.807) is 13.0 Å². The number of nitrogens with zero attached hydrogens (tertiary/aromatic N) is 2. The molecule has 0 spiro atoms. The van der Waals surface area contributed by atoms with Gasteiger partial charge in [0.05, 0.1) is 16.6 Å². The Morgan fingerprint density at radius 2 is 2.19 bits per heavy atom. The van der Waals surface area contributed by atoms with E-state index < -0.39 is 17.4 Å². The Labute approximate surface area is 121 Å². The van der Waals surface area contributed by atoms with Crippen LogP contribution in [0.2, 0.25) is 0 Å². The number of nitrogens with one attached hydrogen (secondary N) is 1. The zero-order chi connectivity index (χ0) is 15.6. The van der Waals surface area contributed by atoms with E-state index in [0.29, 0.717) is 29.6 Å². The number of carbonyl (C=O) groups is 2. The molecule has 2 N–H and O–H groups in total. The second-order valence-electron chi connectivity index (χ2n) is 5.19. The lowest BCUT2D eigenvalue weighted by Crippen LogP contribution is -2.52. The molecule has 7 heteroatoms. The van der Waals surface area contributed by atoms with Crippen molar-refractivity contribution in [3.63, 3.8) is 0 Å². The number of pyridine rings is 1. The van der Waals surface area contributed by atoms with Gasteiger partial charge in [0, 0.05) is 6.20 Å². The van der Waals surface area contributed by atoms with Gasteiger partial charge >= 0.3 is 5.97 Å². The summed E-state index contributed by atoms with van der Waals surface area (Å²) in [7, 11) is 0. The van der Waals surface area contributed by atoms with Crippen LogP contribution < -0.4 is 5.32 Å². The molecule has 0 bridgehead atoms. The number of carboxylic acid groups (broad SMARTS) is 1. The van der Waals surface area contributed by atoms with Gasteiger partial charge in [0.1, 0.15) is 5.54 Å². The maximum atomic E-state index is 12.3. The Hall–Kier alpha value is -2.44. The number of fused-ring (bicyclic) bond motifs is 1. The van der Waals surface area contributed by atoms with Gasteiger partial charge in [-0.15, -0.1) is 0 Å². The summed E-state index contributed by atoms with van der Waals surface area (Å²) in [5.41, 5.74) is -0.0533.